The summed E-state index contributed by atoms with van der Waals surface area (Å²) < 4.78 is 0.802. The number of aryl methyl sites for hydroxylation is 1. The summed E-state index contributed by atoms with van der Waals surface area (Å²) in [5.74, 6) is 0.00183. The number of carbonyl (C=O) groups excluding carboxylic acids is 1. The van der Waals surface area contributed by atoms with Gasteiger partial charge in [0.05, 0.1) is 11.9 Å². The van der Waals surface area contributed by atoms with Gasteiger partial charge in [0.25, 0.3) is 0 Å². The fraction of sp³-hybridized carbons (Fsp3) is 0.500. The predicted molar refractivity (Wildman–Crippen MR) is 73.1 cm³/mol. The van der Waals surface area contributed by atoms with E-state index in [4.69, 9.17) is 0 Å². The molecular formula is C12H18BrN3O. The van der Waals surface area contributed by atoms with Gasteiger partial charge in [0.2, 0.25) is 5.91 Å². The molecule has 1 unspecified atom stereocenters. The minimum atomic E-state index is 0.00183. The Balaban J connectivity index is 2.53. The van der Waals surface area contributed by atoms with Crippen molar-refractivity contribution >= 4 is 27.5 Å². The third-order valence-corrected chi connectivity index (χ3v) is 3.17. The van der Waals surface area contributed by atoms with E-state index >= 15 is 0 Å². The second-order valence-corrected chi connectivity index (χ2v) is 4.79. The Labute approximate surface area is 110 Å². The first kappa shape index (κ1) is 14.1. The van der Waals surface area contributed by atoms with Crippen molar-refractivity contribution in [3.05, 3.63) is 22.4 Å². The molecule has 0 aromatic carbocycles. The minimum absolute atomic E-state index is 0.00183. The molecule has 0 aliphatic rings. The van der Waals surface area contributed by atoms with Gasteiger partial charge in [-0.05, 0) is 48.0 Å². The lowest BCUT2D eigenvalue weighted by atomic mass is 10.2. The molecule has 5 heteroatoms. The summed E-state index contributed by atoms with van der Waals surface area (Å²) in [4.78, 5) is 15.8. The number of hydrogen-bond donors (Lipinski definition) is 2. The van der Waals surface area contributed by atoms with Crippen LogP contribution in [0.3, 0.4) is 0 Å². The van der Waals surface area contributed by atoms with Crippen LogP contribution in [0.2, 0.25) is 0 Å². The summed E-state index contributed by atoms with van der Waals surface area (Å²) >= 11 is 3.32. The Hall–Kier alpha value is -0.940. The number of halogens is 1. The normalized spacial score (nSPS) is 12.2. The molecule has 0 fully saturated rings. The van der Waals surface area contributed by atoms with Crippen LogP contribution < -0.4 is 10.6 Å². The second kappa shape index (κ2) is 6.71. The van der Waals surface area contributed by atoms with Crippen LogP contribution in [0.5, 0.6) is 0 Å². The Morgan fingerprint density at radius 2 is 2.29 bits per heavy atom. The van der Waals surface area contributed by atoms with Gasteiger partial charge in [0, 0.05) is 12.5 Å². The summed E-state index contributed by atoms with van der Waals surface area (Å²) in [6.07, 6.45) is 2.11. The van der Waals surface area contributed by atoms with Crippen molar-refractivity contribution in [3.63, 3.8) is 0 Å². The molecule has 1 heterocycles. The van der Waals surface area contributed by atoms with Crippen molar-refractivity contribution in [3.8, 4) is 0 Å². The van der Waals surface area contributed by atoms with Gasteiger partial charge >= 0.3 is 0 Å². The van der Waals surface area contributed by atoms with E-state index in [-0.39, 0.29) is 11.9 Å². The highest BCUT2D eigenvalue weighted by molar-refractivity contribution is 9.10. The maximum atomic E-state index is 11.7. The Kier molecular flexibility index (Phi) is 5.58. The molecule has 0 radical (unpaired) electrons. The standard InChI is InChI=1S/C12H18BrN3O/c1-4-14-9(3)6-11(17)16-10-5-8(2)12(13)15-7-10/h5,7,9,14H,4,6H2,1-3H3,(H,16,17). The first-order valence-electron chi connectivity index (χ1n) is 5.68. The molecule has 0 spiro atoms. The van der Waals surface area contributed by atoms with E-state index in [2.05, 4.69) is 31.5 Å². The van der Waals surface area contributed by atoms with E-state index in [0.29, 0.717) is 6.42 Å². The second-order valence-electron chi connectivity index (χ2n) is 4.04. The van der Waals surface area contributed by atoms with Gasteiger partial charge in [-0.15, -0.1) is 0 Å². The van der Waals surface area contributed by atoms with Crippen molar-refractivity contribution in [2.45, 2.75) is 33.2 Å². The largest absolute Gasteiger partial charge is 0.325 e. The monoisotopic (exact) mass is 299 g/mol. The number of pyridine rings is 1. The van der Waals surface area contributed by atoms with E-state index < -0.39 is 0 Å². The van der Waals surface area contributed by atoms with E-state index in [0.717, 1.165) is 22.4 Å². The molecular weight excluding hydrogens is 282 g/mol. The molecule has 0 saturated heterocycles. The Morgan fingerprint density at radius 1 is 1.59 bits per heavy atom. The van der Waals surface area contributed by atoms with E-state index in [1.807, 2.05) is 26.8 Å². The third-order valence-electron chi connectivity index (χ3n) is 2.34. The van der Waals surface area contributed by atoms with Crippen LogP contribution in [-0.4, -0.2) is 23.5 Å². The molecule has 0 aliphatic heterocycles. The highest BCUT2D eigenvalue weighted by Crippen LogP contribution is 2.16. The van der Waals surface area contributed by atoms with Crippen molar-refractivity contribution < 1.29 is 4.79 Å². The molecule has 0 bridgehead atoms. The maximum absolute atomic E-state index is 11.7. The summed E-state index contributed by atoms with van der Waals surface area (Å²) in [6.45, 7) is 6.83. The number of anilines is 1. The molecule has 94 valence electrons. The van der Waals surface area contributed by atoms with Crippen molar-refractivity contribution in [2.24, 2.45) is 0 Å². The molecule has 1 atom stereocenters. The summed E-state index contributed by atoms with van der Waals surface area (Å²) in [6, 6.07) is 2.08. The molecule has 1 aromatic rings. The number of nitrogens with one attached hydrogen (secondary N) is 2. The summed E-state index contributed by atoms with van der Waals surface area (Å²) in [5.41, 5.74) is 1.74. The van der Waals surface area contributed by atoms with Gasteiger partial charge in [-0.1, -0.05) is 6.92 Å². The first-order chi connectivity index (χ1) is 8.02. The topological polar surface area (TPSA) is 54.0 Å². The SMILES string of the molecule is CCNC(C)CC(=O)Nc1cnc(Br)c(C)c1. The number of carbonyl (C=O) groups is 1. The fourth-order valence-electron chi connectivity index (χ4n) is 1.54. The van der Waals surface area contributed by atoms with Gasteiger partial charge in [0.15, 0.2) is 0 Å². The molecule has 1 aromatic heterocycles. The third kappa shape index (κ3) is 4.83. The zero-order chi connectivity index (χ0) is 12.8. The quantitative estimate of drug-likeness (QED) is 0.821. The van der Waals surface area contributed by atoms with E-state index in [9.17, 15) is 4.79 Å². The van der Waals surface area contributed by atoms with Crippen LogP contribution >= 0.6 is 15.9 Å². The lowest BCUT2D eigenvalue weighted by Gasteiger charge is -2.12. The van der Waals surface area contributed by atoms with Crippen LogP contribution in [0, 0.1) is 6.92 Å². The molecule has 4 nitrogen and oxygen atoms in total. The van der Waals surface area contributed by atoms with E-state index in [1.165, 1.54) is 0 Å². The number of hydrogen-bond acceptors (Lipinski definition) is 3. The Bertz CT molecular complexity index is 395. The number of amides is 1. The van der Waals surface area contributed by atoms with Crippen LogP contribution in [-0.2, 0) is 4.79 Å². The molecule has 0 aliphatic carbocycles. The molecule has 1 rings (SSSR count). The van der Waals surface area contributed by atoms with Crippen molar-refractivity contribution in [2.75, 3.05) is 11.9 Å². The summed E-state index contributed by atoms with van der Waals surface area (Å²) in [5, 5.41) is 6.04. The molecule has 17 heavy (non-hydrogen) atoms. The maximum Gasteiger partial charge on any atom is 0.225 e. The first-order valence-corrected chi connectivity index (χ1v) is 6.47. The van der Waals surface area contributed by atoms with Gasteiger partial charge in [-0.3, -0.25) is 4.79 Å². The van der Waals surface area contributed by atoms with Crippen molar-refractivity contribution in [1.82, 2.24) is 10.3 Å². The van der Waals surface area contributed by atoms with Crippen LogP contribution in [0.15, 0.2) is 16.9 Å². The average molecular weight is 300 g/mol. The zero-order valence-electron chi connectivity index (χ0n) is 10.4. The van der Waals surface area contributed by atoms with Crippen molar-refractivity contribution in [1.29, 1.82) is 0 Å². The number of aromatic nitrogens is 1. The lowest BCUT2D eigenvalue weighted by Crippen LogP contribution is -2.30. The number of rotatable bonds is 5. The molecule has 1 amide bonds. The Morgan fingerprint density at radius 3 is 2.88 bits per heavy atom. The smallest absolute Gasteiger partial charge is 0.225 e. The molecule has 0 saturated carbocycles. The number of nitrogens with zero attached hydrogens (tertiary/aromatic N) is 1. The predicted octanol–water partition coefficient (Wildman–Crippen LogP) is 2.48. The summed E-state index contributed by atoms with van der Waals surface area (Å²) in [7, 11) is 0. The van der Waals surface area contributed by atoms with Gasteiger partial charge < -0.3 is 10.6 Å². The van der Waals surface area contributed by atoms with E-state index in [1.54, 1.807) is 6.20 Å². The van der Waals surface area contributed by atoms with Crippen LogP contribution in [0.1, 0.15) is 25.8 Å². The fourth-order valence-corrected chi connectivity index (χ4v) is 1.75. The van der Waals surface area contributed by atoms with Crippen LogP contribution in [0.25, 0.3) is 0 Å². The minimum Gasteiger partial charge on any atom is -0.325 e. The highest BCUT2D eigenvalue weighted by Gasteiger charge is 2.08. The zero-order valence-corrected chi connectivity index (χ0v) is 12.0. The average Bonchev–Trinajstić information content (AvgIpc) is 2.23. The lowest BCUT2D eigenvalue weighted by molar-refractivity contribution is -0.116. The van der Waals surface area contributed by atoms with Gasteiger partial charge in [-0.2, -0.15) is 0 Å². The van der Waals surface area contributed by atoms with Gasteiger partial charge in [-0.25, -0.2) is 4.98 Å². The highest BCUT2D eigenvalue weighted by atomic mass is 79.9. The van der Waals surface area contributed by atoms with Crippen LogP contribution in [0.4, 0.5) is 5.69 Å². The molecule has 2 N–H and O–H groups in total. The van der Waals surface area contributed by atoms with Gasteiger partial charge in [0.1, 0.15) is 4.60 Å².